The second-order valence-corrected chi connectivity index (χ2v) is 8.94. The Morgan fingerprint density at radius 2 is 1.83 bits per heavy atom. The number of pyridine rings is 1. The Morgan fingerprint density at radius 3 is 2.61 bits per heavy atom. The predicted octanol–water partition coefficient (Wildman–Crippen LogP) is 3.18. The Morgan fingerprint density at radius 1 is 1.08 bits per heavy atom. The van der Waals surface area contributed by atoms with Crippen LogP contribution in [0, 0.1) is 0 Å². The minimum atomic E-state index is -0.827. The second kappa shape index (κ2) is 11.5. The SMILES string of the molecule is C[C@H]1COc2cccc(c2)-c2cccc(c2)C(=O)N(C)[C@H](C(=O)NCc2cccnc2)CCC(=O)N1. The number of hydrogen-bond acceptors (Lipinski definition) is 5. The van der Waals surface area contributed by atoms with Crippen LogP contribution in [-0.4, -0.2) is 53.3 Å². The molecule has 2 heterocycles. The lowest BCUT2D eigenvalue weighted by Crippen LogP contribution is -2.48. The fraction of sp³-hybridized carbons (Fsp3) is 0.286. The first-order valence-corrected chi connectivity index (χ1v) is 12.0. The first-order chi connectivity index (χ1) is 17.4. The topological polar surface area (TPSA) is 101 Å². The van der Waals surface area contributed by atoms with E-state index in [0.717, 1.165) is 16.7 Å². The van der Waals surface area contributed by atoms with Crippen LogP contribution >= 0.6 is 0 Å². The smallest absolute Gasteiger partial charge is 0.254 e. The summed E-state index contributed by atoms with van der Waals surface area (Å²) in [6.07, 6.45) is 3.60. The number of nitrogens with zero attached hydrogens (tertiary/aromatic N) is 2. The van der Waals surface area contributed by atoms with Gasteiger partial charge in [0.2, 0.25) is 11.8 Å². The molecule has 2 atom stereocenters. The van der Waals surface area contributed by atoms with Gasteiger partial charge in [-0.15, -0.1) is 0 Å². The number of likely N-dealkylation sites (N-methyl/N-ethyl adjacent to an activating group) is 1. The lowest BCUT2D eigenvalue weighted by Gasteiger charge is -2.28. The molecule has 1 aliphatic rings. The molecule has 1 aromatic heterocycles. The highest BCUT2D eigenvalue weighted by Crippen LogP contribution is 2.26. The zero-order valence-electron chi connectivity index (χ0n) is 20.4. The molecule has 2 aromatic carbocycles. The van der Waals surface area contributed by atoms with E-state index in [1.807, 2.05) is 55.5 Å². The van der Waals surface area contributed by atoms with Crippen molar-refractivity contribution in [1.29, 1.82) is 0 Å². The first kappa shape index (κ1) is 24.9. The number of ether oxygens (including phenoxy) is 1. The Balaban J connectivity index is 1.63. The predicted molar refractivity (Wildman–Crippen MR) is 136 cm³/mol. The molecule has 0 saturated heterocycles. The maximum Gasteiger partial charge on any atom is 0.254 e. The van der Waals surface area contributed by atoms with Gasteiger partial charge in [-0.3, -0.25) is 19.4 Å². The normalized spacial score (nSPS) is 18.7. The van der Waals surface area contributed by atoms with Crippen LogP contribution < -0.4 is 15.4 Å². The molecule has 36 heavy (non-hydrogen) atoms. The minimum absolute atomic E-state index is 0.0858. The fourth-order valence-corrected chi connectivity index (χ4v) is 4.13. The van der Waals surface area contributed by atoms with Gasteiger partial charge in [0.1, 0.15) is 18.4 Å². The van der Waals surface area contributed by atoms with Crippen LogP contribution in [0.1, 0.15) is 35.7 Å². The van der Waals surface area contributed by atoms with E-state index in [0.29, 0.717) is 17.9 Å². The van der Waals surface area contributed by atoms with E-state index in [1.165, 1.54) is 4.90 Å². The largest absolute Gasteiger partial charge is 0.491 e. The van der Waals surface area contributed by atoms with Gasteiger partial charge in [0.15, 0.2) is 0 Å². The maximum absolute atomic E-state index is 13.5. The third-order valence-electron chi connectivity index (χ3n) is 6.11. The molecule has 0 saturated carbocycles. The molecular formula is C28H30N4O4. The number of fused-ring (bicyclic) bond motifs is 5. The van der Waals surface area contributed by atoms with Crippen LogP contribution in [0.25, 0.3) is 11.1 Å². The number of rotatable bonds is 3. The Kier molecular flexibility index (Phi) is 7.95. The Labute approximate surface area is 210 Å². The third kappa shape index (κ3) is 6.27. The molecule has 2 N–H and O–H groups in total. The Bertz CT molecular complexity index is 1230. The van der Waals surface area contributed by atoms with Gasteiger partial charge in [-0.1, -0.05) is 30.3 Å². The summed E-state index contributed by atoms with van der Waals surface area (Å²) in [5.41, 5.74) is 3.07. The van der Waals surface area contributed by atoms with Gasteiger partial charge in [0.05, 0.1) is 6.04 Å². The van der Waals surface area contributed by atoms with Gasteiger partial charge in [-0.25, -0.2) is 0 Å². The van der Waals surface area contributed by atoms with Crippen molar-refractivity contribution in [2.75, 3.05) is 13.7 Å². The molecule has 4 rings (SSSR count). The quantitative estimate of drug-likeness (QED) is 0.592. The van der Waals surface area contributed by atoms with Crippen molar-refractivity contribution in [2.24, 2.45) is 0 Å². The van der Waals surface area contributed by atoms with Crippen LogP contribution in [0.5, 0.6) is 5.75 Å². The lowest BCUT2D eigenvalue weighted by molar-refractivity contribution is -0.126. The van der Waals surface area contributed by atoms with E-state index in [4.69, 9.17) is 4.74 Å². The van der Waals surface area contributed by atoms with Gasteiger partial charge in [-0.2, -0.15) is 0 Å². The highest BCUT2D eigenvalue weighted by Gasteiger charge is 2.28. The molecule has 8 nitrogen and oxygen atoms in total. The summed E-state index contributed by atoms with van der Waals surface area (Å²) in [7, 11) is 1.60. The molecule has 0 unspecified atom stereocenters. The molecule has 186 valence electrons. The van der Waals surface area contributed by atoms with Crippen molar-refractivity contribution in [3.05, 3.63) is 84.2 Å². The van der Waals surface area contributed by atoms with Crippen LogP contribution in [0.2, 0.25) is 0 Å². The number of carbonyl (C=O) groups excluding carboxylic acids is 3. The molecule has 0 fully saturated rings. The first-order valence-electron chi connectivity index (χ1n) is 12.0. The summed E-state index contributed by atoms with van der Waals surface area (Å²) in [6, 6.07) is 17.5. The van der Waals surface area contributed by atoms with Gasteiger partial charge in [0, 0.05) is 38.0 Å². The standard InChI is InChI=1S/C28H30N4O4/c1-19-18-36-24-10-4-8-22(15-24)21-7-3-9-23(14-21)28(35)32(2)25(11-12-26(33)31-19)27(34)30-17-20-6-5-13-29-16-20/h3-10,13-16,19,25H,11-12,17-18H2,1-2H3,(H,30,34)(H,31,33)/t19-,25-/m0/s1. The minimum Gasteiger partial charge on any atom is -0.491 e. The second-order valence-electron chi connectivity index (χ2n) is 8.94. The highest BCUT2D eigenvalue weighted by molar-refractivity contribution is 5.98. The summed E-state index contributed by atoms with van der Waals surface area (Å²) >= 11 is 0. The average Bonchev–Trinajstić information content (AvgIpc) is 2.90. The van der Waals surface area contributed by atoms with E-state index < -0.39 is 6.04 Å². The lowest BCUT2D eigenvalue weighted by atomic mass is 10.0. The van der Waals surface area contributed by atoms with Crippen LogP contribution in [0.4, 0.5) is 0 Å². The van der Waals surface area contributed by atoms with Crippen molar-refractivity contribution in [2.45, 2.75) is 38.4 Å². The summed E-state index contributed by atoms with van der Waals surface area (Å²) < 4.78 is 5.89. The third-order valence-corrected chi connectivity index (χ3v) is 6.11. The van der Waals surface area contributed by atoms with Gasteiger partial charge in [0.25, 0.3) is 5.91 Å². The molecule has 0 aliphatic carbocycles. The van der Waals surface area contributed by atoms with Crippen LogP contribution in [0.3, 0.4) is 0 Å². The molecule has 0 spiro atoms. The maximum atomic E-state index is 13.5. The average molecular weight is 487 g/mol. The molecule has 3 aromatic rings. The van der Waals surface area contributed by atoms with E-state index in [1.54, 1.807) is 31.6 Å². The van der Waals surface area contributed by atoms with Crippen molar-refractivity contribution >= 4 is 17.7 Å². The number of amides is 3. The molecular weight excluding hydrogens is 456 g/mol. The van der Waals surface area contributed by atoms with Crippen molar-refractivity contribution in [3.63, 3.8) is 0 Å². The number of aromatic nitrogens is 1. The highest BCUT2D eigenvalue weighted by atomic mass is 16.5. The zero-order valence-corrected chi connectivity index (χ0v) is 20.4. The van der Waals surface area contributed by atoms with Gasteiger partial charge < -0.3 is 20.3 Å². The summed E-state index contributed by atoms with van der Waals surface area (Å²) in [6.45, 7) is 2.45. The summed E-state index contributed by atoms with van der Waals surface area (Å²) in [4.78, 5) is 44.8. The van der Waals surface area contributed by atoms with Crippen LogP contribution in [0.15, 0.2) is 73.1 Å². The van der Waals surface area contributed by atoms with E-state index in [-0.39, 0.29) is 43.1 Å². The number of carbonyl (C=O) groups is 3. The fourth-order valence-electron chi connectivity index (χ4n) is 4.13. The number of hydrogen-bond donors (Lipinski definition) is 2. The van der Waals surface area contributed by atoms with Crippen molar-refractivity contribution in [1.82, 2.24) is 20.5 Å². The monoisotopic (exact) mass is 486 g/mol. The summed E-state index contributed by atoms with van der Waals surface area (Å²) in [5, 5.41) is 5.79. The van der Waals surface area contributed by atoms with Gasteiger partial charge in [-0.05, 0) is 60.4 Å². The molecule has 8 heteroatoms. The van der Waals surface area contributed by atoms with Gasteiger partial charge >= 0.3 is 0 Å². The van der Waals surface area contributed by atoms with Crippen LogP contribution in [-0.2, 0) is 16.1 Å². The Hall–Kier alpha value is -4.20. The van der Waals surface area contributed by atoms with Crippen molar-refractivity contribution < 1.29 is 19.1 Å². The summed E-state index contributed by atoms with van der Waals surface area (Å²) in [5.74, 6) is -0.157. The van der Waals surface area contributed by atoms with Crippen molar-refractivity contribution in [3.8, 4) is 16.9 Å². The van der Waals surface area contributed by atoms with E-state index >= 15 is 0 Å². The molecule has 3 amide bonds. The zero-order chi connectivity index (χ0) is 25.5. The molecule has 1 aliphatic heterocycles. The van der Waals surface area contributed by atoms with E-state index in [9.17, 15) is 14.4 Å². The molecule has 0 radical (unpaired) electrons. The van der Waals surface area contributed by atoms with E-state index in [2.05, 4.69) is 15.6 Å². The number of nitrogens with one attached hydrogen (secondary N) is 2. The molecule has 4 bridgehead atoms. The number of benzene rings is 2.